The topological polar surface area (TPSA) is 110 Å². The minimum Gasteiger partial charge on any atom is -0.385 e. The molecule has 0 radical (unpaired) electrons. The van der Waals surface area contributed by atoms with Crippen molar-refractivity contribution in [3.8, 4) is 0 Å². The van der Waals surface area contributed by atoms with Gasteiger partial charge in [-0.2, -0.15) is 4.98 Å². The molecular formula is C9H11N5O2. The van der Waals surface area contributed by atoms with Crippen molar-refractivity contribution in [2.24, 2.45) is 0 Å². The van der Waals surface area contributed by atoms with Crippen LogP contribution in [-0.4, -0.2) is 24.6 Å². The number of nitrogens with zero attached hydrogens (tertiary/aromatic N) is 3. The van der Waals surface area contributed by atoms with Gasteiger partial charge in [-0.1, -0.05) is 0 Å². The van der Waals surface area contributed by atoms with Crippen LogP contribution in [0.1, 0.15) is 31.3 Å². The second-order valence-corrected chi connectivity index (χ2v) is 4.06. The van der Waals surface area contributed by atoms with E-state index < -0.39 is 6.10 Å². The van der Waals surface area contributed by atoms with E-state index in [0.29, 0.717) is 23.4 Å². The lowest BCUT2D eigenvalue weighted by molar-refractivity contribution is 0.171. The van der Waals surface area contributed by atoms with Crippen molar-refractivity contribution in [2.45, 2.75) is 25.5 Å². The highest BCUT2D eigenvalue weighted by molar-refractivity contribution is 5.72. The minimum atomic E-state index is -0.634. The number of hydrogen-bond donors (Lipinski definition) is 3. The van der Waals surface area contributed by atoms with E-state index in [1.165, 1.54) is 0 Å². The van der Waals surface area contributed by atoms with Crippen molar-refractivity contribution >= 4 is 17.1 Å². The van der Waals surface area contributed by atoms with Gasteiger partial charge in [-0.25, -0.2) is 4.98 Å². The fraction of sp³-hybridized carbons (Fsp3) is 0.444. The number of nitrogens with one attached hydrogen (secondary N) is 1. The lowest BCUT2D eigenvalue weighted by atomic mass is 10.2. The van der Waals surface area contributed by atoms with Crippen LogP contribution in [0.4, 0.5) is 5.95 Å². The number of rotatable bonds is 0. The standard InChI is InChI=1S/C9H11N5O2/c1-3-2-4(15)7-11-6-5(14(3)7)8(16)13-9(10)12-6/h3-4,15H,2H2,1H3,(H3,10,12,13,16)/t3-,4-/m1/s1. The molecule has 2 atom stereocenters. The van der Waals surface area contributed by atoms with Gasteiger partial charge in [-0.15, -0.1) is 0 Å². The van der Waals surface area contributed by atoms with Crippen LogP contribution in [0.5, 0.6) is 0 Å². The molecule has 0 saturated heterocycles. The number of aliphatic hydroxyl groups is 1. The van der Waals surface area contributed by atoms with Crippen LogP contribution >= 0.6 is 0 Å². The van der Waals surface area contributed by atoms with Gasteiger partial charge in [-0.3, -0.25) is 9.78 Å². The number of H-pyrrole nitrogens is 1. The minimum absolute atomic E-state index is 0.0383. The van der Waals surface area contributed by atoms with E-state index in [1.54, 1.807) is 4.57 Å². The zero-order valence-corrected chi connectivity index (χ0v) is 8.64. The van der Waals surface area contributed by atoms with Gasteiger partial charge in [-0.05, 0) is 6.92 Å². The average Bonchev–Trinajstić information content (AvgIpc) is 2.66. The van der Waals surface area contributed by atoms with E-state index in [0.717, 1.165) is 0 Å². The molecule has 3 rings (SSSR count). The Kier molecular flexibility index (Phi) is 1.65. The van der Waals surface area contributed by atoms with Gasteiger partial charge in [0.25, 0.3) is 5.56 Å². The molecule has 0 saturated carbocycles. The first kappa shape index (κ1) is 9.34. The zero-order valence-electron chi connectivity index (χ0n) is 8.64. The number of aromatic nitrogens is 4. The molecule has 2 aromatic rings. The first-order valence-corrected chi connectivity index (χ1v) is 5.03. The quantitative estimate of drug-likeness (QED) is 0.565. The van der Waals surface area contributed by atoms with Crippen LogP contribution in [0.3, 0.4) is 0 Å². The Morgan fingerprint density at radius 2 is 2.31 bits per heavy atom. The number of aliphatic hydroxyl groups excluding tert-OH is 1. The van der Waals surface area contributed by atoms with E-state index >= 15 is 0 Å². The van der Waals surface area contributed by atoms with Crippen molar-refractivity contribution in [3.63, 3.8) is 0 Å². The summed E-state index contributed by atoms with van der Waals surface area (Å²) in [5, 5.41) is 9.76. The summed E-state index contributed by atoms with van der Waals surface area (Å²) >= 11 is 0. The maximum Gasteiger partial charge on any atom is 0.278 e. The highest BCUT2D eigenvalue weighted by atomic mass is 16.3. The number of imidazole rings is 1. The summed E-state index contributed by atoms with van der Waals surface area (Å²) < 4.78 is 1.73. The molecule has 84 valence electrons. The Hall–Kier alpha value is -1.89. The second kappa shape index (κ2) is 2.82. The van der Waals surface area contributed by atoms with E-state index in [-0.39, 0.29) is 17.5 Å². The van der Waals surface area contributed by atoms with E-state index in [9.17, 15) is 9.90 Å². The van der Waals surface area contributed by atoms with Crippen molar-refractivity contribution in [1.29, 1.82) is 0 Å². The molecule has 0 unspecified atom stereocenters. The summed E-state index contributed by atoms with van der Waals surface area (Å²) in [6.07, 6.45) is -0.0629. The molecule has 2 aromatic heterocycles. The number of fused-ring (bicyclic) bond motifs is 3. The number of nitrogens with two attached hydrogens (primary N) is 1. The summed E-state index contributed by atoms with van der Waals surface area (Å²) in [6, 6.07) is 0.0431. The maximum absolute atomic E-state index is 11.8. The van der Waals surface area contributed by atoms with Gasteiger partial charge in [0.1, 0.15) is 11.9 Å². The summed E-state index contributed by atoms with van der Waals surface area (Å²) in [5.41, 5.74) is 5.79. The summed E-state index contributed by atoms with van der Waals surface area (Å²) in [7, 11) is 0. The number of hydrogen-bond acceptors (Lipinski definition) is 5. The fourth-order valence-corrected chi connectivity index (χ4v) is 2.26. The molecule has 1 aliphatic rings. The highest BCUT2D eigenvalue weighted by Crippen LogP contribution is 2.35. The van der Waals surface area contributed by atoms with Gasteiger partial charge in [0.15, 0.2) is 11.2 Å². The van der Waals surface area contributed by atoms with E-state index in [2.05, 4.69) is 15.0 Å². The average molecular weight is 221 g/mol. The van der Waals surface area contributed by atoms with Crippen LogP contribution in [0, 0.1) is 0 Å². The Morgan fingerprint density at radius 1 is 1.56 bits per heavy atom. The van der Waals surface area contributed by atoms with Crippen LogP contribution in [-0.2, 0) is 0 Å². The molecule has 7 heteroatoms. The Balaban J connectivity index is 2.45. The zero-order chi connectivity index (χ0) is 11.4. The molecule has 3 heterocycles. The number of anilines is 1. The van der Waals surface area contributed by atoms with Crippen LogP contribution < -0.4 is 11.3 Å². The smallest absolute Gasteiger partial charge is 0.278 e. The van der Waals surface area contributed by atoms with Crippen LogP contribution in [0.2, 0.25) is 0 Å². The van der Waals surface area contributed by atoms with Crippen LogP contribution in [0.25, 0.3) is 11.2 Å². The SMILES string of the molecule is C[C@@H]1C[C@@H](O)c2nc3nc(N)[nH]c(=O)c3n21. The molecule has 0 aliphatic carbocycles. The van der Waals surface area contributed by atoms with Crippen molar-refractivity contribution in [3.05, 3.63) is 16.2 Å². The molecule has 0 amide bonds. The molecule has 4 N–H and O–H groups in total. The van der Waals surface area contributed by atoms with Gasteiger partial charge >= 0.3 is 0 Å². The van der Waals surface area contributed by atoms with Crippen molar-refractivity contribution < 1.29 is 5.11 Å². The van der Waals surface area contributed by atoms with E-state index in [4.69, 9.17) is 5.73 Å². The Morgan fingerprint density at radius 3 is 3.06 bits per heavy atom. The number of aromatic amines is 1. The van der Waals surface area contributed by atoms with Crippen LogP contribution in [0.15, 0.2) is 4.79 Å². The lowest BCUT2D eigenvalue weighted by Gasteiger charge is -2.05. The third-order valence-corrected chi connectivity index (χ3v) is 2.91. The molecule has 0 bridgehead atoms. The summed E-state index contributed by atoms with van der Waals surface area (Å²) in [4.78, 5) is 22.3. The summed E-state index contributed by atoms with van der Waals surface area (Å²) in [6.45, 7) is 1.93. The molecule has 0 spiro atoms. The van der Waals surface area contributed by atoms with Crippen molar-refractivity contribution in [1.82, 2.24) is 19.5 Å². The van der Waals surface area contributed by atoms with Crippen molar-refractivity contribution in [2.75, 3.05) is 5.73 Å². The van der Waals surface area contributed by atoms with Gasteiger partial charge in [0.05, 0.1) is 0 Å². The molecule has 7 nitrogen and oxygen atoms in total. The predicted octanol–water partition coefficient (Wildman–Crippen LogP) is -0.300. The maximum atomic E-state index is 11.8. The van der Waals surface area contributed by atoms with Gasteiger partial charge < -0.3 is 15.4 Å². The largest absolute Gasteiger partial charge is 0.385 e. The molecule has 0 fully saturated rings. The molecular weight excluding hydrogens is 210 g/mol. The Bertz CT molecular complexity index is 629. The van der Waals surface area contributed by atoms with Gasteiger partial charge in [0.2, 0.25) is 5.95 Å². The monoisotopic (exact) mass is 221 g/mol. The Labute approximate surface area is 89.9 Å². The highest BCUT2D eigenvalue weighted by Gasteiger charge is 2.31. The second-order valence-electron chi connectivity index (χ2n) is 4.06. The lowest BCUT2D eigenvalue weighted by Crippen LogP contribution is -2.15. The molecule has 1 aliphatic heterocycles. The summed E-state index contributed by atoms with van der Waals surface area (Å²) in [5.74, 6) is 0.530. The first-order chi connectivity index (χ1) is 7.58. The van der Waals surface area contributed by atoms with E-state index in [1.807, 2.05) is 6.92 Å². The number of nitrogen functional groups attached to an aromatic ring is 1. The normalized spacial score (nSPS) is 23.9. The molecule has 0 aromatic carbocycles. The molecule has 16 heavy (non-hydrogen) atoms. The third kappa shape index (κ3) is 1.03. The predicted molar refractivity (Wildman–Crippen MR) is 56.8 cm³/mol. The first-order valence-electron chi connectivity index (χ1n) is 5.03. The fourth-order valence-electron chi connectivity index (χ4n) is 2.26. The third-order valence-electron chi connectivity index (χ3n) is 2.91. The van der Waals surface area contributed by atoms with Gasteiger partial charge in [0, 0.05) is 12.5 Å².